The van der Waals surface area contributed by atoms with E-state index in [0.29, 0.717) is 11.3 Å². The minimum atomic E-state index is -0.180. The monoisotopic (exact) mass is 350 g/mol. The largest absolute Gasteiger partial charge is 0.326 e. The summed E-state index contributed by atoms with van der Waals surface area (Å²) < 4.78 is 0. The van der Waals surface area contributed by atoms with Gasteiger partial charge in [-0.25, -0.2) is 0 Å². The topological polar surface area (TPSA) is 58.2 Å². The van der Waals surface area contributed by atoms with Gasteiger partial charge in [0.1, 0.15) is 0 Å². The number of carbonyl (C=O) groups excluding carboxylic acids is 2. The maximum absolute atomic E-state index is 12.5. The molecule has 126 valence electrons. The van der Waals surface area contributed by atoms with Gasteiger partial charge in [-0.1, -0.05) is 18.2 Å². The summed E-state index contributed by atoms with van der Waals surface area (Å²) in [6.07, 6.45) is 0. The maximum atomic E-state index is 12.5. The zero-order chi connectivity index (χ0) is 17.8. The van der Waals surface area contributed by atoms with Crippen LogP contribution in [0.3, 0.4) is 0 Å². The Hall–Kier alpha value is -2.92. The number of nitrogens with one attached hydrogen (secondary N) is 2. The van der Waals surface area contributed by atoms with Crippen molar-refractivity contribution in [1.82, 2.24) is 0 Å². The molecule has 0 atom stereocenters. The van der Waals surface area contributed by atoms with Gasteiger partial charge < -0.3 is 10.6 Å². The Morgan fingerprint density at radius 2 is 1.72 bits per heavy atom. The molecule has 3 aromatic rings. The minimum absolute atomic E-state index is 0.141. The van der Waals surface area contributed by atoms with Gasteiger partial charge in [0.2, 0.25) is 5.91 Å². The first-order valence-electron chi connectivity index (χ1n) is 7.86. The summed E-state index contributed by atoms with van der Waals surface area (Å²) in [4.78, 5) is 24.7. The van der Waals surface area contributed by atoms with Crippen LogP contribution in [-0.2, 0) is 4.79 Å². The molecule has 3 rings (SSSR count). The van der Waals surface area contributed by atoms with Crippen molar-refractivity contribution in [3.8, 4) is 10.4 Å². The Balaban J connectivity index is 1.78. The van der Waals surface area contributed by atoms with E-state index in [9.17, 15) is 9.59 Å². The van der Waals surface area contributed by atoms with Crippen LogP contribution in [0.15, 0.2) is 60.0 Å². The molecule has 1 aromatic heterocycles. The number of rotatable bonds is 4. The molecule has 2 amide bonds. The molecule has 5 heteroatoms. The Bertz CT molecular complexity index is 900. The average molecular weight is 350 g/mol. The van der Waals surface area contributed by atoms with Gasteiger partial charge in [0.15, 0.2) is 0 Å². The van der Waals surface area contributed by atoms with E-state index < -0.39 is 0 Å². The van der Waals surface area contributed by atoms with Crippen LogP contribution in [0.25, 0.3) is 10.4 Å². The molecule has 0 radical (unpaired) electrons. The highest BCUT2D eigenvalue weighted by Crippen LogP contribution is 2.29. The number of anilines is 2. The number of amides is 2. The number of hydrogen-bond acceptors (Lipinski definition) is 3. The number of thiophene rings is 1. The van der Waals surface area contributed by atoms with Crippen molar-refractivity contribution < 1.29 is 9.59 Å². The Labute approximate surface area is 150 Å². The van der Waals surface area contributed by atoms with Crippen molar-refractivity contribution in [3.63, 3.8) is 0 Å². The van der Waals surface area contributed by atoms with Gasteiger partial charge in [-0.15, -0.1) is 11.3 Å². The molecular weight excluding hydrogens is 332 g/mol. The van der Waals surface area contributed by atoms with E-state index in [0.717, 1.165) is 21.7 Å². The molecule has 4 nitrogen and oxygen atoms in total. The zero-order valence-corrected chi connectivity index (χ0v) is 14.8. The van der Waals surface area contributed by atoms with E-state index in [1.54, 1.807) is 35.6 Å². The quantitative estimate of drug-likeness (QED) is 0.700. The van der Waals surface area contributed by atoms with Crippen LogP contribution in [0.4, 0.5) is 11.4 Å². The van der Waals surface area contributed by atoms with Crippen LogP contribution in [0.2, 0.25) is 0 Å². The molecule has 25 heavy (non-hydrogen) atoms. The summed E-state index contributed by atoms with van der Waals surface area (Å²) in [5.41, 5.74) is 4.08. The summed E-state index contributed by atoms with van der Waals surface area (Å²) in [5, 5.41) is 7.68. The lowest BCUT2D eigenvalue weighted by Crippen LogP contribution is -2.13. The third-order valence-electron chi connectivity index (χ3n) is 3.76. The predicted octanol–water partition coefficient (Wildman–Crippen LogP) is 4.93. The van der Waals surface area contributed by atoms with E-state index in [1.165, 1.54) is 6.92 Å². The second-order valence-electron chi connectivity index (χ2n) is 5.72. The summed E-state index contributed by atoms with van der Waals surface area (Å²) in [6, 6.07) is 16.9. The van der Waals surface area contributed by atoms with Crippen LogP contribution in [0.1, 0.15) is 22.8 Å². The summed E-state index contributed by atoms with van der Waals surface area (Å²) in [5.74, 6) is -0.320. The molecule has 0 bridgehead atoms. The summed E-state index contributed by atoms with van der Waals surface area (Å²) >= 11 is 1.67. The minimum Gasteiger partial charge on any atom is -0.326 e. The molecule has 0 saturated heterocycles. The van der Waals surface area contributed by atoms with E-state index in [4.69, 9.17) is 0 Å². The van der Waals surface area contributed by atoms with Crippen LogP contribution in [0, 0.1) is 6.92 Å². The van der Waals surface area contributed by atoms with Gasteiger partial charge in [-0.3, -0.25) is 9.59 Å². The zero-order valence-electron chi connectivity index (χ0n) is 14.0. The Morgan fingerprint density at radius 1 is 0.960 bits per heavy atom. The first-order chi connectivity index (χ1) is 12.0. The van der Waals surface area contributed by atoms with E-state index in [-0.39, 0.29) is 11.8 Å². The first kappa shape index (κ1) is 16.9. The fourth-order valence-corrected chi connectivity index (χ4v) is 3.18. The maximum Gasteiger partial charge on any atom is 0.255 e. The molecule has 0 aliphatic heterocycles. The van der Waals surface area contributed by atoms with Crippen molar-refractivity contribution in [3.05, 3.63) is 71.1 Å². The SMILES string of the molecule is CC(=O)Nc1ccc(C(=O)Nc2cc(-c3cccs3)ccc2C)cc1. The molecule has 0 aliphatic carbocycles. The molecule has 0 spiro atoms. The number of carbonyl (C=O) groups is 2. The van der Waals surface area contributed by atoms with Crippen LogP contribution < -0.4 is 10.6 Å². The van der Waals surface area contributed by atoms with Gasteiger partial charge >= 0.3 is 0 Å². The average Bonchev–Trinajstić information content (AvgIpc) is 3.11. The summed E-state index contributed by atoms with van der Waals surface area (Å²) in [7, 11) is 0. The Morgan fingerprint density at radius 3 is 2.36 bits per heavy atom. The molecule has 2 N–H and O–H groups in total. The van der Waals surface area contributed by atoms with Crippen molar-refractivity contribution in [2.45, 2.75) is 13.8 Å². The standard InChI is InChI=1S/C20H18N2O2S/c1-13-5-6-16(19-4-3-11-25-19)12-18(13)22-20(24)15-7-9-17(10-8-15)21-14(2)23/h3-12H,1-2H3,(H,21,23)(H,22,24). The highest BCUT2D eigenvalue weighted by molar-refractivity contribution is 7.13. The molecule has 0 aliphatic rings. The first-order valence-corrected chi connectivity index (χ1v) is 8.74. The Kier molecular flexibility index (Phi) is 4.95. The van der Waals surface area contributed by atoms with Crippen LogP contribution in [-0.4, -0.2) is 11.8 Å². The third-order valence-corrected chi connectivity index (χ3v) is 4.68. The van der Waals surface area contributed by atoms with Gasteiger partial charge in [0, 0.05) is 28.7 Å². The lowest BCUT2D eigenvalue weighted by atomic mass is 10.1. The fraction of sp³-hybridized carbons (Fsp3) is 0.100. The second kappa shape index (κ2) is 7.32. The van der Waals surface area contributed by atoms with E-state index in [2.05, 4.69) is 22.8 Å². The van der Waals surface area contributed by atoms with E-state index >= 15 is 0 Å². The second-order valence-corrected chi connectivity index (χ2v) is 6.67. The smallest absolute Gasteiger partial charge is 0.255 e. The van der Waals surface area contributed by atoms with Crippen molar-refractivity contribution in [2.24, 2.45) is 0 Å². The van der Waals surface area contributed by atoms with Gasteiger partial charge in [0.25, 0.3) is 5.91 Å². The predicted molar refractivity (Wildman–Crippen MR) is 103 cm³/mol. The molecule has 0 saturated carbocycles. The highest BCUT2D eigenvalue weighted by atomic mass is 32.1. The third kappa shape index (κ3) is 4.14. The van der Waals surface area contributed by atoms with Crippen molar-refractivity contribution >= 4 is 34.5 Å². The van der Waals surface area contributed by atoms with Crippen molar-refractivity contribution in [2.75, 3.05) is 10.6 Å². The normalized spacial score (nSPS) is 10.3. The molecule has 0 unspecified atom stereocenters. The van der Waals surface area contributed by atoms with Crippen molar-refractivity contribution in [1.29, 1.82) is 0 Å². The van der Waals surface area contributed by atoms with Gasteiger partial charge in [0.05, 0.1) is 0 Å². The summed E-state index contributed by atoms with van der Waals surface area (Å²) in [6.45, 7) is 3.41. The van der Waals surface area contributed by atoms with E-state index in [1.807, 2.05) is 30.5 Å². The fourth-order valence-electron chi connectivity index (χ4n) is 2.46. The highest BCUT2D eigenvalue weighted by Gasteiger charge is 2.10. The van der Waals surface area contributed by atoms with Crippen LogP contribution >= 0.6 is 11.3 Å². The molecule has 1 heterocycles. The molecule has 2 aromatic carbocycles. The number of aryl methyl sites for hydroxylation is 1. The van der Waals surface area contributed by atoms with Gasteiger partial charge in [-0.2, -0.15) is 0 Å². The number of hydrogen-bond donors (Lipinski definition) is 2. The lowest BCUT2D eigenvalue weighted by Gasteiger charge is -2.11. The number of benzene rings is 2. The van der Waals surface area contributed by atoms with Crippen LogP contribution in [0.5, 0.6) is 0 Å². The molecule has 0 fully saturated rings. The lowest BCUT2D eigenvalue weighted by molar-refractivity contribution is -0.114. The molecular formula is C20H18N2O2S. The van der Waals surface area contributed by atoms with Gasteiger partial charge in [-0.05, 0) is 59.8 Å².